The summed E-state index contributed by atoms with van der Waals surface area (Å²) in [6.07, 6.45) is 4.97. The topological polar surface area (TPSA) is 50.7 Å². The van der Waals surface area contributed by atoms with Crippen LogP contribution in [0.15, 0.2) is 10.1 Å². The molecular formula is C5H14N3P. The lowest BCUT2D eigenvalue weighted by atomic mass is 10.3. The van der Waals surface area contributed by atoms with E-state index in [0.717, 1.165) is 6.16 Å². The normalized spacial score (nSPS) is 12.1. The molecule has 0 aliphatic carbocycles. The summed E-state index contributed by atoms with van der Waals surface area (Å²) in [6.45, 7) is 2.19. The van der Waals surface area contributed by atoms with E-state index in [1.54, 1.807) is 0 Å². The average Bonchev–Trinajstić information content (AvgIpc) is 1.89. The van der Waals surface area contributed by atoms with Crippen LogP contribution in [-0.4, -0.2) is 6.16 Å². The number of unbranched alkanes of at least 4 members (excludes halogenated alkanes) is 2. The third kappa shape index (κ3) is 7.83. The molecule has 0 aromatic carbocycles. The van der Waals surface area contributed by atoms with E-state index in [1.165, 1.54) is 19.3 Å². The Labute approximate surface area is 57.9 Å². The summed E-state index contributed by atoms with van der Waals surface area (Å²) in [5, 5.41) is 3.17. The monoisotopic (exact) mass is 147 g/mol. The highest BCUT2D eigenvalue weighted by atomic mass is 31.1. The molecule has 0 spiro atoms. The maximum atomic E-state index is 4.81. The van der Waals surface area contributed by atoms with Gasteiger partial charge in [0.15, 0.2) is 0 Å². The summed E-state index contributed by atoms with van der Waals surface area (Å²) in [6, 6.07) is 0. The zero-order chi connectivity index (χ0) is 6.95. The van der Waals surface area contributed by atoms with E-state index in [2.05, 4.69) is 17.0 Å². The first-order valence-electron chi connectivity index (χ1n) is 3.24. The molecule has 0 aliphatic heterocycles. The summed E-state index contributed by atoms with van der Waals surface area (Å²) >= 11 is 0. The van der Waals surface area contributed by atoms with Gasteiger partial charge in [-0.2, -0.15) is 4.88 Å². The van der Waals surface area contributed by atoms with E-state index in [-0.39, 0.29) is 0 Å². The van der Waals surface area contributed by atoms with Gasteiger partial charge in [0.05, 0.1) is 0 Å². The Morgan fingerprint density at radius 1 is 1.44 bits per heavy atom. The van der Waals surface area contributed by atoms with Gasteiger partial charge in [-0.15, -0.1) is 0 Å². The minimum absolute atomic E-state index is 0.575. The van der Waals surface area contributed by atoms with Gasteiger partial charge in [0.2, 0.25) is 0 Å². The summed E-state index contributed by atoms with van der Waals surface area (Å²) < 4.78 is 0. The van der Waals surface area contributed by atoms with Crippen LogP contribution in [0.5, 0.6) is 0 Å². The van der Waals surface area contributed by atoms with Crippen LogP contribution in [0.25, 0.3) is 0 Å². The van der Waals surface area contributed by atoms with Crippen molar-refractivity contribution in [2.45, 2.75) is 26.2 Å². The molecule has 2 N–H and O–H groups in total. The van der Waals surface area contributed by atoms with Gasteiger partial charge in [0.25, 0.3) is 0 Å². The molecule has 1 atom stereocenters. The van der Waals surface area contributed by atoms with Gasteiger partial charge in [0.1, 0.15) is 0 Å². The van der Waals surface area contributed by atoms with E-state index >= 15 is 0 Å². The van der Waals surface area contributed by atoms with Crippen molar-refractivity contribution < 1.29 is 0 Å². The second-order valence-corrected chi connectivity index (χ2v) is 2.85. The fourth-order valence-electron chi connectivity index (χ4n) is 0.545. The molecule has 54 valence electrons. The van der Waals surface area contributed by atoms with Crippen molar-refractivity contribution >= 4 is 8.73 Å². The predicted octanol–water partition coefficient (Wildman–Crippen LogP) is 2.10. The van der Waals surface area contributed by atoms with Crippen LogP contribution in [0, 0.1) is 0 Å². The molecule has 0 aromatic heterocycles. The molecule has 3 nitrogen and oxygen atoms in total. The third-order valence-corrected chi connectivity index (χ3v) is 1.85. The van der Waals surface area contributed by atoms with E-state index in [0.29, 0.717) is 8.73 Å². The second kappa shape index (κ2) is 7.83. The summed E-state index contributed by atoms with van der Waals surface area (Å²) in [5.41, 5.74) is 0. The fourth-order valence-corrected chi connectivity index (χ4v) is 1.13. The summed E-state index contributed by atoms with van der Waals surface area (Å²) in [5.74, 6) is 4.81. The Morgan fingerprint density at radius 3 is 2.78 bits per heavy atom. The molecule has 1 unspecified atom stereocenters. The Kier molecular flexibility index (Phi) is 7.68. The smallest absolute Gasteiger partial charge is 0.0279 e. The lowest BCUT2D eigenvalue weighted by Gasteiger charge is -1.91. The fraction of sp³-hybridized carbons (Fsp3) is 1.00. The van der Waals surface area contributed by atoms with E-state index in [9.17, 15) is 0 Å². The van der Waals surface area contributed by atoms with Gasteiger partial charge in [-0.05, 0) is 12.6 Å². The maximum absolute atomic E-state index is 4.81. The van der Waals surface area contributed by atoms with Crippen LogP contribution in [0.4, 0.5) is 0 Å². The average molecular weight is 147 g/mol. The number of hydrogen-bond donors (Lipinski definition) is 1. The summed E-state index contributed by atoms with van der Waals surface area (Å²) in [4.78, 5) is 3.67. The number of nitrogens with zero attached hydrogens (tertiary/aromatic N) is 2. The number of nitrogens with two attached hydrogens (primary N) is 1. The van der Waals surface area contributed by atoms with Crippen LogP contribution in [0.2, 0.25) is 0 Å². The molecule has 0 saturated heterocycles. The molecule has 0 amide bonds. The van der Waals surface area contributed by atoms with Crippen molar-refractivity contribution in [1.29, 1.82) is 0 Å². The highest BCUT2D eigenvalue weighted by Crippen LogP contribution is 2.13. The van der Waals surface area contributed by atoms with Crippen LogP contribution in [-0.2, 0) is 0 Å². The molecule has 0 bridgehead atoms. The summed E-state index contributed by atoms with van der Waals surface area (Å²) in [7, 11) is 0.575. The minimum atomic E-state index is 0.575. The first kappa shape index (κ1) is 8.83. The van der Waals surface area contributed by atoms with E-state index in [4.69, 9.17) is 5.84 Å². The molecule has 0 rings (SSSR count). The van der Waals surface area contributed by atoms with Crippen LogP contribution >= 0.6 is 8.73 Å². The predicted molar refractivity (Wildman–Crippen MR) is 41.8 cm³/mol. The molecule has 0 saturated carbocycles. The largest absolute Gasteiger partial charge is 0.305 e. The molecule has 0 radical (unpaired) electrons. The van der Waals surface area contributed by atoms with Gasteiger partial charge in [-0.1, -0.05) is 25.0 Å². The standard InChI is InChI=1S/C5H14N3P/c1-2-3-4-5-9-8-7-6/h9H,2-5H2,1H3,(H2,6,8). The van der Waals surface area contributed by atoms with Crippen LogP contribution < -0.4 is 5.84 Å². The molecule has 0 aromatic rings. The van der Waals surface area contributed by atoms with Gasteiger partial charge in [-0.25, -0.2) is 0 Å². The quantitative estimate of drug-likeness (QED) is 0.209. The SMILES string of the molecule is CCCCCPN=NN. The molecule has 0 heterocycles. The lowest BCUT2D eigenvalue weighted by Crippen LogP contribution is -1.75. The number of rotatable bonds is 5. The van der Waals surface area contributed by atoms with Crippen molar-refractivity contribution in [3.63, 3.8) is 0 Å². The Morgan fingerprint density at radius 2 is 2.22 bits per heavy atom. The zero-order valence-electron chi connectivity index (χ0n) is 5.80. The Hall–Kier alpha value is -0.170. The van der Waals surface area contributed by atoms with E-state index < -0.39 is 0 Å². The third-order valence-electron chi connectivity index (χ3n) is 1.02. The van der Waals surface area contributed by atoms with Crippen molar-refractivity contribution in [1.82, 2.24) is 0 Å². The van der Waals surface area contributed by atoms with Gasteiger partial charge < -0.3 is 5.84 Å². The first-order chi connectivity index (χ1) is 4.41. The van der Waals surface area contributed by atoms with Crippen molar-refractivity contribution in [2.24, 2.45) is 16.0 Å². The Balaban J connectivity index is 2.75. The van der Waals surface area contributed by atoms with Gasteiger partial charge in [-0.3, -0.25) is 0 Å². The molecule has 0 fully saturated rings. The van der Waals surface area contributed by atoms with Crippen molar-refractivity contribution in [3.05, 3.63) is 0 Å². The minimum Gasteiger partial charge on any atom is -0.305 e. The maximum Gasteiger partial charge on any atom is 0.0279 e. The highest BCUT2D eigenvalue weighted by Gasteiger charge is 1.83. The van der Waals surface area contributed by atoms with Gasteiger partial charge >= 0.3 is 0 Å². The molecule has 9 heavy (non-hydrogen) atoms. The number of hydrogen-bond acceptors (Lipinski definition) is 2. The van der Waals surface area contributed by atoms with Crippen molar-refractivity contribution in [2.75, 3.05) is 6.16 Å². The highest BCUT2D eigenvalue weighted by molar-refractivity contribution is 7.36. The van der Waals surface area contributed by atoms with Crippen LogP contribution in [0.3, 0.4) is 0 Å². The van der Waals surface area contributed by atoms with Crippen molar-refractivity contribution in [3.8, 4) is 0 Å². The Bertz CT molecular complexity index is 74.6. The second-order valence-electron chi connectivity index (χ2n) is 1.83. The van der Waals surface area contributed by atoms with E-state index in [1.807, 2.05) is 0 Å². The van der Waals surface area contributed by atoms with Gasteiger partial charge in [0, 0.05) is 8.73 Å². The first-order valence-corrected chi connectivity index (χ1v) is 4.40. The lowest BCUT2D eigenvalue weighted by molar-refractivity contribution is 0.777. The molecule has 4 heteroatoms. The van der Waals surface area contributed by atoms with Crippen LogP contribution in [0.1, 0.15) is 26.2 Å². The molecular weight excluding hydrogens is 133 g/mol. The molecule has 0 aliphatic rings. The zero-order valence-corrected chi connectivity index (χ0v) is 6.80.